The normalized spacial score (nSPS) is 10.7. The third-order valence-corrected chi connectivity index (χ3v) is 3.85. The van der Waals surface area contributed by atoms with Gasteiger partial charge in [-0.05, 0) is 61.4 Å². The Labute approximate surface area is 150 Å². The monoisotopic (exact) mass is 389 g/mol. The topological polar surface area (TPSA) is 47.6 Å². The van der Waals surface area contributed by atoms with Crippen molar-refractivity contribution in [1.29, 1.82) is 0 Å². The van der Waals surface area contributed by atoms with Gasteiger partial charge in [-0.15, -0.1) is 0 Å². The molecule has 1 N–H and O–H groups in total. The molecule has 0 saturated heterocycles. The largest absolute Gasteiger partial charge is 0.493 e. The van der Waals surface area contributed by atoms with Gasteiger partial charge in [-0.2, -0.15) is 0 Å². The second-order valence-electron chi connectivity index (χ2n) is 5.13. The number of hydrogen-bond acceptors (Lipinski definition) is 3. The first-order valence-electron chi connectivity index (χ1n) is 7.59. The summed E-state index contributed by atoms with van der Waals surface area (Å²) in [5, 5.41) is 2.87. The van der Waals surface area contributed by atoms with Crippen LogP contribution in [0, 0.1) is 6.92 Å². The van der Waals surface area contributed by atoms with Crippen LogP contribution in [0.2, 0.25) is 0 Å². The Balaban J connectivity index is 2.09. The summed E-state index contributed by atoms with van der Waals surface area (Å²) in [5.41, 5.74) is 2.65. The third kappa shape index (κ3) is 4.86. The van der Waals surface area contributed by atoms with Gasteiger partial charge in [-0.3, -0.25) is 4.79 Å². The van der Waals surface area contributed by atoms with Gasteiger partial charge in [0, 0.05) is 16.2 Å². The zero-order chi connectivity index (χ0) is 17.5. The van der Waals surface area contributed by atoms with E-state index in [1.807, 2.05) is 50.2 Å². The van der Waals surface area contributed by atoms with Crippen molar-refractivity contribution in [1.82, 2.24) is 0 Å². The smallest absolute Gasteiger partial charge is 0.248 e. The molecule has 126 valence electrons. The number of ether oxygens (including phenoxy) is 2. The second kappa shape index (κ2) is 8.55. The molecule has 0 fully saturated rings. The van der Waals surface area contributed by atoms with Gasteiger partial charge < -0.3 is 14.8 Å². The van der Waals surface area contributed by atoms with E-state index >= 15 is 0 Å². The number of anilines is 1. The van der Waals surface area contributed by atoms with E-state index in [9.17, 15) is 4.79 Å². The second-order valence-corrected chi connectivity index (χ2v) is 6.04. The van der Waals surface area contributed by atoms with Crippen molar-refractivity contribution < 1.29 is 14.3 Å². The first-order valence-corrected chi connectivity index (χ1v) is 8.39. The van der Waals surface area contributed by atoms with Crippen molar-refractivity contribution in [3.63, 3.8) is 0 Å². The highest BCUT2D eigenvalue weighted by Gasteiger charge is 2.05. The summed E-state index contributed by atoms with van der Waals surface area (Å²) < 4.78 is 11.8. The van der Waals surface area contributed by atoms with Crippen molar-refractivity contribution in [2.24, 2.45) is 0 Å². The molecule has 0 aliphatic heterocycles. The lowest BCUT2D eigenvalue weighted by Crippen LogP contribution is -2.08. The highest BCUT2D eigenvalue weighted by Crippen LogP contribution is 2.28. The van der Waals surface area contributed by atoms with Crippen LogP contribution in [0.15, 0.2) is 46.9 Å². The molecule has 0 atom stereocenters. The number of aryl methyl sites for hydroxylation is 1. The fourth-order valence-electron chi connectivity index (χ4n) is 2.18. The molecule has 2 rings (SSSR count). The molecule has 0 aliphatic rings. The Morgan fingerprint density at radius 1 is 1.21 bits per heavy atom. The number of benzene rings is 2. The van der Waals surface area contributed by atoms with Crippen LogP contribution in [0.3, 0.4) is 0 Å². The highest BCUT2D eigenvalue weighted by molar-refractivity contribution is 9.10. The van der Waals surface area contributed by atoms with E-state index in [0.717, 1.165) is 21.3 Å². The summed E-state index contributed by atoms with van der Waals surface area (Å²) >= 11 is 3.41. The molecule has 0 aliphatic carbocycles. The molecule has 2 aromatic rings. The quantitative estimate of drug-likeness (QED) is 0.720. The Bertz CT molecular complexity index is 756. The van der Waals surface area contributed by atoms with Gasteiger partial charge in [0.25, 0.3) is 0 Å². The molecule has 0 unspecified atom stereocenters. The summed E-state index contributed by atoms with van der Waals surface area (Å²) in [6.45, 7) is 4.41. The van der Waals surface area contributed by atoms with Gasteiger partial charge in [0.1, 0.15) is 0 Å². The Hall–Kier alpha value is -2.27. The van der Waals surface area contributed by atoms with Crippen LogP contribution >= 0.6 is 15.9 Å². The molecular weight excluding hydrogens is 370 g/mol. The van der Waals surface area contributed by atoms with Gasteiger partial charge in [-0.25, -0.2) is 0 Å². The number of rotatable bonds is 6. The lowest BCUT2D eigenvalue weighted by molar-refractivity contribution is -0.111. The molecule has 0 spiro atoms. The maximum Gasteiger partial charge on any atom is 0.248 e. The zero-order valence-corrected chi connectivity index (χ0v) is 15.5. The van der Waals surface area contributed by atoms with Crippen LogP contribution < -0.4 is 14.8 Å². The number of hydrogen-bond donors (Lipinski definition) is 1. The van der Waals surface area contributed by atoms with E-state index in [-0.39, 0.29) is 5.91 Å². The average Bonchev–Trinajstić information content (AvgIpc) is 2.56. The fraction of sp³-hybridized carbons (Fsp3) is 0.211. The van der Waals surface area contributed by atoms with Gasteiger partial charge in [0.2, 0.25) is 5.91 Å². The number of nitrogens with one attached hydrogen (secondary N) is 1. The van der Waals surface area contributed by atoms with Crippen molar-refractivity contribution in [2.45, 2.75) is 13.8 Å². The van der Waals surface area contributed by atoms with Crippen LogP contribution in [0.25, 0.3) is 6.08 Å². The number of carbonyl (C=O) groups is 1. The van der Waals surface area contributed by atoms with E-state index in [1.54, 1.807) is 13.2 Å². The van der Waals surface area contributed by atoms with E-state index in [2.05, 4.69) is 21.2 Å². The van der Waals surface area contributed by atoms with E-state index in [4.69, 9.17) is 9.47 Å². The minimum absolute atomic E-state index is 0.186. The minimum Gasteiger partial charge on any atom is -0.493 e. The summed E-state index contributed by atoms with van der Waals surface area (Å²) in [6.07, 6.45) is 3.24. The van der Waals surface area contributed by atoms with Crippen LogP contribution in [0.1, 0.15) is 18.1 Å². The Morgan fingerprint density at radius 2 is 2.00 bits per heavy atom. The maximum absolute atomic E-state index is 12.1. The van der Waals surface area contributed by atoms with Gasteiger partial charge in [0.15, 0.2) is 11.5 Å². The van der Waals surface area contributed by atoms with Gasteiger partial charge >= 0.3 is 0 Å². The molecule has 0 radical (unpaired) electrons. The summed E-state index contributed by atoms with van der Waals surface area (Å²) in [5.74, 6) is 1.14. The SMILES string of the molecule is CCOc1cc(/C=C/C(=O)Nc2ccc(Br)cc2C)ccc1OC. The van der Waals surface area contributed by atoms with E-state index in [0.29, 0.717) is 18.1 Å². The molecule has 0 bridgehead atoms. The standard InChI is InChI=1S/C19H20BrNO3/c1-4-24-18-12-14(5-9-17(18)23-3)6-10-19(22)21-16-8-7-15(20)11-13(16)2/h5-12H,4H2,1-3H3,(H,21,22)/b10-6+. The Kier molecular flexibility index (Phi) is 6.44. The summed E-state index contributed by atoms with van der Waals surface area (Å²) in [7, 11) is 1.60. The number of halogens is 1. The summed E-state index contributed by atoms with van der Waals surface area (Å²) in [6, 6.07) is 11.3. The predicted octanol–water partition coefficient (Wildman–Crippen LogP) is 4.82. The molecule has 0 saturated carbocycles. The van der Waals surface area contributed by atoms with Crippen LogP contribution in [0.5, 0.6) is 11.5 Å². The molecule has 24 heavy (non-hydrogen) atoms. The van der Waals surface area contributed by atoms with Gasteiger partial charge in [0.05, 0.1) is 13.7 Å². The summed E-state index contributed by atoms with van der Waals surface area (Å²) in [4.78, 5) is 12.1. The molecule has 5 heteroatoms. The van der Waals surface area contributed by atoms with E-state index < -0.39 is 0 Å². The molecular formula is C19H20BrNO3. The highest BCUT2D eigenvalue weighted by atomic mass is 79.9. The van der Waals surface area contributed by atoms with Crippen LogP contribution in [0.4, 0.5) is 5.69 Å². The first kappa shape index (κ1) is 18.1. The minimum atomic E-state index is -0.186. The molecule has 1 amide bonds. The molecule has 4 nitrogen and oxygen atoms in total. The lowest BCUT2D eigenvalue weighted by Gasteiger charge is -2.09. The molecule has 0 aromatic heterocycles. The average molecular weight is 390 g/mol. The third-order valence-electron chi connectivity index (χ3n) is 3.36. The first-order chi connectivity index (χ1) is 11.5. The lowest BCUT2D eigenvalue weighted by atomic mass is 10.1. The van der Waals surface area contributed by atoms with Crippen molar-refractivity contribution in [3.05, 3.63) is 58.1 Å². The van der Waals surface area contributed by atoms with Crippen molar-refractivity contribution in [3.8, 4) is 11.5 Å². The van der Waals surface area contributed by atoms with E-state index in [1.165, 1.54) is 6.08 Å². The molecule has 0 heterocycles. The van der Waals surface area contributed by atoms with Gasteiger partial charge in [-0.1, -0.05) is 22.0 Å². The van der Waals surface area contributed by atoms with Crippen LogP contribution in [-0.4, -0.2) is 19.6 Å². The fourth-order valence-corrected chi connectivity index (χ4v) is 2.65. The number of methoxy groups -OCH3 is 1. The maximum atomic E-state index is 12.1. The van der Waals surface area contributed by atoms with Crippen LogP contribution in [-0.2, 0) is 4.79 Å². The van der Waals surface area contributed by atoms with Crippen molar-refractivity contribution >= 4 is 33.6 Å². The Morgan fingerprint density at radius 3 is 2.67 bits per heavy atom. The molecule has 2 aromatic carbocycles. The predicted molar refractivity (Wildman–Crippen MR) is 101 cm³/mol. The number of amides is 1. The number of carbonyl (C=O) groups excluding carboxylic acids is 1. The zero-order valence-electron chi connectivity index (χ0n) is 13.9. The van der Waals surface area contributed by atoms with Crippen molar-refractivity contribution in [2.75, 3.05) is 19.0 Å².